The summed E-state index contributed by atoms with van der Waals surface area (Å²) in [5.41, 5.74) is 1.02. The molecule has 19 heavy (non-hydrogen) atoms. The molecular weight excluding hydrogens is 240 g/mol. The van der Waals surface area contributed by atoms with Crippen LogP contribution in [0.25, 0.3) is 0 Å². The Balaban J connectivity index is 1.99. The second kappa shape index (κ2) is 9.56. The number of hydrogen-bond donors (Lipinski definition) is 1. The molecule has 0 bridgehead atoms. The van der Waals surface area contributed by atoms with Gasteiger partial charge in [-0.05, 0) is 25.3 Å². The van der Waals surface area contributed by atoms with Gasteiger partial charge in [0.25, 0.3) is 0 Å². The van der Waals surface area contributed by atoms with Crippen LogP contribution in [0.1, 0.15) is 51.0 Å². The minimum absolute atomic E-state index is 0.126. The van der Waals surface area contributed by atoms with E-state index >= 15 is 0 Å². The predicted octanol–water partition coefficient (Wildman–Crippen LogP) is 3.45. The van der Waals surface area contributed by atoms with E-state index < -0.39 is 0 Å². The van der Waals surface area contributed by atoms with E-state index in [0.717, 1.165) is 37.7 Å². The lowest BCUT2D eigenvalue weighted by Crippen LogP contribution is -2.04. The Morgan fingerprint density at radius 1 is 1.16 bits per heavy atom. The Bertz CT molecular complexity index is 346. The molecule has 1 aromatic carbocycles. The summed E-state index contributed by atoms with van der Waals surface area (Å²) in [5.74, 6) is -0.126. The molecule has 1 atom stereocenters. The third kappa shape index (κ3) is 8.38. The van der Waals surface area contributed by atoms with E-state index in [1.165, 1.54) is 0 Å². The van der Waals surface area contributed by atoms with Crippen LogP contribution in [0.4, 0.5) is 0 Å². The molecule has 3 nitrogen and oxygen atoms in total. The average Bonchev–Trinajstić information content (AvgIpc) is 2.41. The lowest BCUT2D eigenvalue weighted by Gasteiger charge is -2.05. The summed E-state index contributed by atoms with van der Waals surface area (Å²) in [5, 5.41) is 9.10. The number of carbonyl (C=O) groups excluding carboxylic acids is 1. The van der Waals surface area contributed by atoms with Crippen molar-refractivity contribution >= 4 is 5.97 Å². The summed E-state index contributed by atoms with van der Waals surface area (Å²) in [6.45, 7) is 2.17. The Kier molecular flexibility index (Phi) is 7.91. The SMILES string of the molecule is CC(O)CCCCCCC(=O)OCc1ccccc1. The fourth-order valence-electron chi connectivity index (χ4n) is 1.87. The minimum Gasteiger partial charge on any atom is -0.461 e. The molecule has 0 aliphatic carbocycles. The number of esters is 1. The molecule has 1 N–H and O–H groups in total. The monoisotopic (exact) mass is 264 g/mol. The van der Waals surface area contributed by atoms with Crippen LogP contribution in [-0.2, 0) is 16.1 Å². The Labute approximate surface area is 115 Å². The molecule has 0 radical (unpaired) electrons. The van der Waals surface area contributed by atoms with Crippen molar-refractivity contribution in [1.29, 1.82) is 0 Å². The third-order valence-electron chi connectivity index (χ3n) is 3.00. The topological polar surface area (TPSA) is 46.5 Å². The van der Waals surface area contributed by atoms with Crippen LogP contribution in [0.15, 0.2) is 30.3 Å². The number of aliphatic hydroxyl groups is 1. The van der Waals surface area contributed by atoms with Crippen molar-refractivity contribution in [2.75, 3.05) is 0 Å². The van der Waals surface area contributed by atoms with E-state index in [9.17, 15) is 4.79 Å². The Morgan fingerprint density at radius 2 is 1.84 bits per heavy atom. The zero-order chi connectivity index (χ0) is 13.9. The number of unbranched alkanes of at least 4 members (excludes halogenated alkanes) is 3. The predicted molar refractivity (Wildman–Crippen MR) is 75.6 cm³/mol. The van der Waals surface area contributed by atoms with Gasteiger partial charge in [0.2, 0.25) is 0 Å². The molecule has 0 amide bonds. The smallest absolute Gasteiger partial charge is 0.306 e. The molecule has 0 aromatic heterocycles. The molecular formula is C16H24O3. The molecule has 1 unspecified atom stereocenters. The number of ether oxygens (including phenoxy) is 1. The van der Waals surface area contributed by atoms with Crippen LogP contribution >= 0.6 is 0 Å². The lowest BCUT2D eigenvalue weighted by molar-refractivity contribution is -0.145. The van der Waals surface area contributed by atoms with Crippen molar-refractivity contribution in [1.82, 2.24) is 0 Å². The van der Waals surface area contributed by atoms with E-state index in [1.807, 2.05) is 30.3 Å². The number of aliphatic hydroxyl groups excluding tert-OH is 1. The summed E-state index contributed by atoms with van der Waals surface area (Å²) < 4.78 is 5.19. The van der Waals surface area contributed by atoms with Gasteiger partial charge < -0.3 is 9.84 Å². The standard InChI is InChI=1S/C16H24O3/c1-14(17)9-5-2-3-8-12-16(18)19-13-15-10-6-4-7-11-15/h4,6-7,10-11,14,17H,2-3,5,8-9,12-13H2,1H3. The number of hydrogen-bond acceptors (Lipinski definition) is 3. The van der Waals surface area contributed by atoms with Crippen molar-refractivity contribution in [2.45, 2.75) is 58.2 Å². The first-order chi connectivity index (χ1) is 9.18. The first kappa shape index (κ1) is 15.7. The van der Waals surface area contributed by atoms with Gasteiger partial charge >= 0.3 is 5.97 Å². The van der Waals surface area contributed by atoms with E-state index in [4.69, 9.17) is 9.84 Å². The highest BCUT2D eigenvalue weighted by Crippen LogP contribution is 2.08. The van der Waals surface area contributed by atoms with Crippen LogP contribution in [0.3, 0.4) is 0 Å². The van der Waals surface area contributed by atoms with Crippen LogP contribution in [0, 0.1) is 0 Å². The van der Waals surface area contributed by atoms with Gasteiger partial charge in [-0.25, -0.2) is 0 Å². The molecule has 0 saturated carbocycles. The second-order valence-corrected chi connectivity index (χ2v) is 4.95. The molecule has 3 heteroatoms. The van der Waals surface area contributed by atoms with Gasteiger partial charge in [0, 0.05) is 6.42 Å². The highest BCUT2D eigenvalue weighted by Gasteiger charge is 2.03. The van der Waals surface area contributed by atoms with E-state index in [1.54, 1.807) is 6.92 Å². The zero-order valence-electron chi connectivity index (χ0n) is 11.7. The zero-order valence-corrected chi connectivity index (χ0v) is 11.7. The number of benzene rings is 1. The summed E-state index contributed by atoms with van der Waals surface area (Å²) in [6, 6.07) is 9.71. The lowest BCUT2D eigenvalue weighted by atomic mass is 10.1. The van der Waals surface area contributed by atoms with Gasteiger partial charge in [-0.1, -0.05) is 49.6 Å². The highest BCUT2D eigenvalue weighted by atomic mass is 16.5. The fraction of sp³-hybridized carbons (Fsp3) is 0.562. The van der Waals surface area contributed by atoms with E-state index in [-0.39, 0.29) is 12.1 Å². The summed E-state index contributed by atoms with van der Waals surface area (Å²) >= 11 is 0. The van der Waals surface area contributed by atoms with Crippen LogP contribution < -0.4 is 0 Å². The van der Waals surface area contributed by atoms with Gasteiger partial charge in [-0.2, -0.15) is 0 Å². The first-order valence-electron chi connectivity index (χ1n) is 7.06. The van der Waals surface area contributed by atoms with Gasteiger partial charge in [0.05, 0.1) is 6.10 Å². The molecule has 1 aromatic rings. The van der Waals surface area contributed by atoms with Crippen molar-refractivity contribution in [2.24, 2.45) is 0 Å². The third-order valence-corrected chi connectivity index (χ3v) is 3.00. The molecule has 0 saturated heterocycles. The minimum atomic E-state index is -0.212. The Morgan fingerprint density at radius 3 is 2.53 bits per heavy atom. The summed E-state index contributed by atoms with van der Waals surface area (Å²) in [7, 11) is 0. The van der Waals surface area contributed by atoms with Crippen LogP contribution in [0.2, 0.25) is 0 Å². The average molecular weight is 264 g/mol. The van der Waals surface area contributed by atoms with E-state index in [2.05, 4.69) is 0 Å². The summed E-state index contributed by atoms with van der Waals surface area (Å²) in [6.07, 6.45) is 5.10. The maximum Gasteiger partial charge on any atom is 0.306 e. The summed E-state index contributed by atoms with van der Waals surface area (Å²) in [4.78, 5) is 11.5. The largest absolute Gasteiger partial charge is 0.461 e. The second-order valence-electron chi connectivity index (χ2n) is 4.95. The first-order valence-corrected chi connectivity index (χ1v) is 7.06. The quantitative estimate of drug-likeness (QED) is 0.549. The molecule has 0 fully saturated rings. The maximum atomic E-state index is 11.5. The van der Waals surface area contributed by atoms with Gasteiger partial charge in [-0.3, -0.25) is 4.79 Å². The van der Waals surface area contributed by atoms with E-state index in [0.29, 0.717) is 13.0 Å². The van der Waals surface area contributed by atoms with Gasteiger partial charge in [0.15, 0.2) is 0 Å². The molecule has 1 rings (SSSR count). The van der Waals surface area contributed by atoms with Crippen LogP contribution in [0.5, 0.6) is 0 Å². The highest BCUT2D eigenvalue weighted by molar-refractivity contribution is 5.69. The van der Waals surface area contributed by atoms with Crippen molar-refractivity contribution in [3.8, 4) is 0 Å². The van der Waals surface area contributed by atoms with Gasteiger partial charge in [-0.15, -0.1) is 0 Å². The van der Waals surface area contributed by atoms with Crippen molar-refractivity contribution in [3.63, 3.8) is 0 Å². The molecule has 0 aliphatic rings. The normalized spacial score (nSPS) is 12.1. The maximum absolute atomic E-state index is 11.5. The van der Waals surface area contributed by atoms with Crippen molar-refractivity contribution < 1.29 is 14.6 Å². The van der Waals surface area contributed by atoms with Crippen LogP contribution in [-0.4, -0.2) is 17.2 Å². The number of carbonyl (C=O) groups is 1. The van der Waals surface area contributed by atoms with Gasteiger partial charge in [0.1, 0.15) is 6.61 Å². The Hall–Kier alpha value is -1.35. The molecule has 0 heterocycles. The number of rotatable bonds is 9. The molecule has 0 spiro atoms. The molecule has 0 aliphatic heterocycles. The van der Waals surface area contributed by atoms with Crippen molar-refractivity contribution in [3.05, 3.63) is 35.9 Å². The fourth-order valence-corrected chi connectivity index (χ4v) is 1.87. The molecule has 106 valence electrons.